The highest BCUT2D eigenvalue weighted by atomic mass is 15.3. The number of fused-ring (bicyclic) bond motifs is 1. The van der Waals surface area contributed by atoms with E-state index in [9.17, 15) is 0 Å². The molecule has 0 amide bonds. The summed E-state index contributed by atoms with van der Waals surface area (Å²) in [6.45, 7) is 11.3. The molecule has 128 valence electrons. The molecule has 4 rings (SSSR count). The van der Waals surface area contributed by atoms with E-state index in [0.29, 0.717) is 6.04 Å². The fraction of sp³-hybridized carbons (Fsp3) is 0.550. The number of benzene rings is 1. The molecule has 4 nitrogen and oxygen atoms in total. The van der Waals surface area contributed by atoms with Gasteiger partial charge in [0.05, 0.1) is 11.4 Å². The lowest BCUT2D eigenvalue weighted by Gasteiger charge is -2.42. The first-order chi connectivity index (χ1) is 11.6. The molecule has 2 aromatic rings. The van der Waals surface area contributed by atoms with Crippen LogP contribution in [0, 0.1) is 13.8 Å². The Morgan fingerprint density at radius 2 is 2.04 bits per heavy atom. The van der Waals surface area contributed by atoms with Crippen molar-refractivity contribution in [3.05, 3.63) is 47.3 Å². The fourth-order valence-corrected chi connectivity index (χ4v) is 4.38. The average Bonchev–Trinajstić information content (AvgIpc) is 3.13. The van der Waals surface area contributed by atoms with Crippen LogP contribution in [-0.4, -0.2) is 51.3 Å². The predicted molar refractivity (Wildman–Crippen MR) is 97.5 cm³/mol. The Morgan fingerprint density at radius 3 is 2.83 bits per heavy atom. The zero-order chi connectivity index (χ0) is 16.7. The molecular weight excluding hydrogens is 296 g/mol. The lowest BCUT2D eigenvalue weighted by Crippen LogP contribution is -2.54. The molecule has 1 unspecified atom stereocenters. The highest BCUT2D eigenvalue weighted by Crippen LogP contribution is 2.26. The molecular formula is C20H28N4. The zero-order valence-electron chi connectivity index (χ0n) is 15.1. The van der Waals surface area contributed by atoms with Gasteiger partial charge in [-0.3, -0.25) is 9.80 Å². The normalized spacial score (nSPS) is 25.1. The Morgan fingerprint density at radius 1 is 1.17 bits per heavy atom. The summed E-state index contributed by atoms with van der Waals surface area (Å²) in [5.41, 5.74) is 4.82. The summed E-state index contributed by atoms with van der Waals surface area (Å²) >= 11 is 0. The number of nitrogens with zero attached hydrogens (tertiary/aromatic N) is 4. The number of hydrogen-bond acceptors (Lipinski definition) is 3. The first-order valence-electron chi connectivity index (χ1n) is 9.21. The van der Waals surface area contributed by atoms with E-state index >= 15 is 0 Å². The standard InChI is InChI=1S/C20H28N4/c1-15-10-16(2)24(21-15)19-7-4-6-18(11-19)13-23-14-20-8-5-9-22(20)12-17(23)3/h4,6-7,10-11,17,20H,5,8-9,12-14H2,1-3H3/t17-,20?/m1/s1. The molecule has 24 heavy (non-hydrogen) atoms. The minimum Gasteiger partial charge on any atom is -0.298 e. The molecule has 2 atom stereocenters. The first kappa shape index (κ1) is 15.9. The molecule has 0 radical (unpaired) electrons. The van der Waals surface area contributed by atoms with E-state index in [0.717, 1.165) is 18.3 Å². The van der Waals surface area contributed by atoms with Crippen molar-refractivity contribution < 1.29 is 0 Å². The second-order valence-electron chi connectivity index (χ2n) is 7.58. The topological polar surface area (TPSA) is 24.3 Å². The number of aromatic nitrogens is 2. The van der Waals surface area contributed by atoms with Crippen molar-refractivity contribution in [2.75, 3.05) is 19.6 Å². The van der Waals surface area contributed by atoms with Crippen LogP contribution >= 0.6 is 0 Å². The minimum atomic E-state index is 0.636. The Hall–Kier alpha value is -1.65. The van der Waals surface area contributed by atoms with Crippen LogP contribution in [0.1, 0.15) is 36.7 Å². The molecule has 3 heterocycles. The van der Waals surface area contributed by atoms with Gasteiger partial charge in [0.1, 0.15) is 0 Å². The number of aryl methyl sites for hydroxylation is 2. The summed E-state index contributed by atoms with van der Waals surface area (Å²) in [5.74, 6) is 0. The maximum atomic E-state index is 4.62. The van der Waals surface area contributed by atoms with Crippen LogP contribution in [0.15, 0.2) is 30.3 Å². The molecule has 0 aliphatic carbocycles. The molecule has 1 aromatic carbocycles. The summed E-state index contributed by atoms with van der Waals surface area (Å²) in [4.78, 5) is 5.35. The van der Waals surface area contributed by atoms with Crippen molar-refractivity contribution in [1.29, 1.82) is 0 Å². The van der Waals surface area contributed by atoms with E-state index in [4.69, 9.17) is 0 Å². The maximum absolute atomic E-state index is 4.62. The van der Waals surface area contributed by atoms with Crippen LogP contribution in [0.2, 0.25) is 0 Å². The van der Waals surface area contributed by atoms with Crippen molar-refractivity contribution in [1.82, 2.24) is 19.6 Å². The quantitative estimate of drug-likeness (QED) is 0.867. The molecule has 0 bridgehead atoms. The fourth-order valence-electron chi connectivity index (χ4n) is 4.38. The van der Waals surface area contributed by atoms with Crippen LogP contribution in [0.3, 0.4) is 0 Å². The van der Waals surface area contributed by atoms with Crippen molar-refractivity contribution >= 4 is 0 Å². The molecule has 4 heteroatoms. The van der Waals surface area contributed by atoms with Gasteiger partial charge in [-0.1, -0.05) is 12.1 Å². The van der Waals surface area contributed by atoms with Gasteiger partial charge in [-0.25, -0.2) is 4.68 Å². The van der Waals surface area contributed by atoms with Crippen molar-refractivity contribution in [2.45, 2.75) is 52.2 Å². The van der Waals surface area contributed by atoms with Gasteiger partial charge in [-0.15, -0.1) is 0 Å². The van der Waals surface area contributed by atoms with Crippen LogP contribution in [0.5, 0.6) is 0 Å². The van der Waals surface area contributed by atoms with E-state index < -0.39 is 0 Å². The van der Waals surface area contributed by atoms with Gasteiger partial charge >= 0.3 is 0 Å². The second kappa shape index (κ2) is 6.34. The third-order valence-corrected chi connectivity index (χ3v) is 5.62. The number of rotatable bonds is 3. The predicted octanol–water partition coefficient (Wildman–Crippen LogP) is 3.16. The minimum absolute atomic E-state index is 0.636. The second-order valence-corrected chi connectivity index (χ2v) is 7.58. The van der Waals surface area contributed by atoms with E-state index in [1.54, 1.807) is 0 Å². The van der Waals surface area contributed by atoms with Crippen molar-refractivity contribution in [2.24, 2.45) is 0 Å². The molecule has 0 N–H and O–H groups in total. The lowest BCUT2D eigenvalue weighted by molar-refractivity contribution is 0.0540. The van der Waals surface area contributed by atoms with Crippen molar-refractivity contribution in [3.8, 4) is 5.69 Å². The smallest absolute Gasteiger partial charge is 0.0651 e. The summed E-state index contributed by atoms with van der Waals surface area (Å²) < 4.78 is 2.05. The highest BCUT2D eigenvalue weighted by Gasteiger charge is 2.34. The van der Waals surface area contributed by atoms with Crippen LogP contribution < -0.4 is 0 Å². The van der Waals surface area contributed by atoms with E-state index in [1.807, 2.05) is 0 Å². The van der Waals surface area contributed by atoms with E-state index in [1.165, 1.54) is 49.4 Å². The van der Waals surface area contributed by atoms with Crippen LogP contribution in [0.4, 0.5) is 0 Å². The van der Waals surface area contributed by atoms with Gasteiger partial charge in [0.15, 0.2) is 0 Å². The molecule has 2 saturated heterocycles. The average molecular weight is 324 g/mol. The van der Waals surface area contributed by atoms with Crippen LogP contribution in [0.25, 0.3) is 5.69 Å². The van der Waals surface area contributed by atoms with Crippen molar-refractivity contribution in [3.63, 3.8) is 0 Å². The summed E-state index contributed by atoms with van der Waals surface area (Å²) in [7, 11) is 0. The van der Waals surface area contributed by atoms with E-state index in [-0.39, 0.29) is 0 Å². The van der Waals surface area contributed by atoms with Gasteiger partial charge < -0.3 is 0 Å². The van der Waals surface area contributed by atoms with Gasteiger partial charge in [0.2, 0.25) is 0 Å². The molecule has 2 aliphatic rings. The molecule has 0 spiro atoms. The maximum Gasteiger partial charge on any atom is 0.0651 e. The van der Waals surface area contributed by atoms with E-state index in [2.05, 4.69) is 70.7 Å². The Bertz CT molecular complexity index is 720. The molecule has 2 aliphatic heterocycles. The lowest BCUT2D eigenvalue weighted by atomic mass is 10.1. The molecule has 1 aromatic heterocycles. The van der Waals surface area contributed by atoms with Gasteiger partial charge in [-0.2, -0.15) is 5.10 Å². The largest absolute Gasteiger partial charge is 0.298 e. The SMILES string of the molecule is Cc1cc(C)n(-c2cccc(CN3CC4CCCN4C[C@H]3C)c2)n1. The number of piperazine rings is 1. The number of hydrogen-bond donors (Lipinski definition) is 0. The third kappa shape index (κ3) is 3.01. The first-order valence-corrected chi connectivity index (χ1v) is 9.21. The zero-order valence-corrected chi connectivity index (χ0v) is 15.1. The summed E-state index contributed by atoms with van der Waals surface area (Å²) in [6, 6.07) is 12.4. The van der Waals surface area contributed by atoms with Gasteiger partial charge in [-0.05, 0) is 63.9 Å². The monoisotopic (exact) mass is 324 g/mol. The van der Waals surface area contributed by atoms with Crippen LogP contribution in [-0.2, 0) is 6.54 Å². The Balaban J connectivity index is 1.52. The Labute approximate surface area is 145 Å². The molecule has 0 saturated carbocycles. The van der Waals surface area contributed by atoms with Gasteiger partial charge in [0.25, 0.3) is 0 Å². The third-order valence-electron chi connectivity index (χ3n) is 5.62. The molecule has 2 fully saturated rings. The van der Waals surface area contributed by atoms with Gasteiger partial charge in [0, 0.05) is 37.4 Å². The summed E-state index contributed by atoms with van der Waals surface area (Å²) in [5, 5.41) is 4.62. The summed E-state index contributed by atoms with van der Waals surface area (Å²) in [6.07, 6.45) is 2.74. The highest BCUT2D eigenvalue weighted by molar-refractivity contribution is 5.37. The Kier molecular flexibility index (Phi) is 4.19.